The van der Waals surface area contributed by atoms with Crippen LogP contribution < -0.4 is 0 Å². The average Bonchev–Trinajstić information content (AvgIpc) is 3.46. The number of nitrogens with zero attached hydrogens (tertiary/aromatic N) is 7. The normalized spacial score (nSPS) is 11.9. The molecule has 0 aliphatic carbocycles. The van der Waals surface area contributed by atoms with Gasteiger partial charge in [0.15, 0.2) is 5.52 Å². The van der Waals surface area contributed by atoms with E-state index in [2.05, 4.69) is 56.6 Å². The predicted octanol–water partition coefficient (Wildman–Crippen LogP) is 4.59. The lowest BCUT2D eigenvalue weighted by atomic mass is 9.92. The summed E-state index contributed by atoms with van der Waals surface area (Å²) in [6.07, 6.45) is 0.538. The van der Waals surface area contributed by atoms with Crippen LogP contribution in [-0.2, 0) is 13.0 Å². The van der Waals surface area contributed by atoms with Crippen molar-refractivity contribution in [3.05, 3.63) is 71.8 Å². The summed E-state index contributed by atoms with van der Waals surface area (Å²) in [6, 6.07) is 15.7. The number of aromatic nitrogens is 8. The van der Waals surface area contributed by atoms with Crippen molar-refractivity contribution in [2.45, 2.75) is 33.7 Å². The van der Waals surface area contributed by atoms with Crippen LogP contribution in [0.15, 0.2) is 48.5 Å². The number of imidazole rings is 1. The highest BCUT2D eigenvalue weighted by Gasteiger charge is 2.23. The van der Waals surface area contributed by atoms with Gasteiger partial charge in [0, 0.05) is 18.5 Å². The lowest BCUT2D eigenvalue weighted by molar-refractivity contribution is 0.394. The molecule has 3 aromatic heterocycles. The van der Waals surface area contributed by atoms with E-state index >= 15 is 0 Å². The smallest absolute Gasteiger partial charge is 0.261 e. The molecule has 1 N–H and O–H groups in total. The molecule has 2 aromatic carbocycles. The fraction of sp³-hybridized carbons (Fsp3) is 0.250. The van der Waals surface area contributed by atoms with E-state index in [-0.39, 0.29) is 16.4 Å². The van der Waals surface area contributed by atoms with Crippen LogP contribution in [0.3, 0.4) is 0 Å². The van der Waals surface area contributed by atoms with E-state index in [9.17, 15) is 8.78 Å². The number of fused-ring (bicyclic) bond motifs is 1. The number of aromatic amines is 1. The second-order valence-electron chi connectivity index (χ2n) is 9.31. The van der Waals surface area contributed by atoms with Gasteiger partial charge in [-0.05, 0) is 27.3 Å². The second-order valence-corrected chi connectivity index (χ2v) is 9.31. The zero-order valence-electron chi connectivity index (χ0n) is 18.9. The Bertz CT molecular complexity index is 1450. The Morgan fingerprint density at radius 3 is 2.26 bits per heavy atom. The van der Waals surface area contributed by atoms with Crippen molar-refractivity contribution in [3.63, 3.8) is 0 Å². The molecule has 0 unspecified atom stereocenters. The van der Waals surface area contributed by atoms with Gasteiger partial charge in [-0.3, -0.25) is 0 Å². The third-order valence-corrected chi connectivity index (χ3v) is 5.47. The first-order valence-electron chi connectivity index (χ1n) is 10.8. The van der Waals surface area contributed by atoms with E-state index < -0.39 is 11.9 Å². The molecule has 0 saturated carbocycles. The Balaban J connectivity index is 1.53. The molecule has 5 aromatic rings. The average molecular weight is 460 g/mol. The summed E-state index contributed by atoms with van der Waals surface area (Å²) in [5.74, 6) is -0.620. The zero-order chi connectivity index (χ0) is 23.9. The van der Waals surface area contributed by atoms with Gasteiger partial charge in [-0.2, -0.15) is 14.0 Å². The molecule has 0 aliphatic heterocycles. The number of hydrogen-bond acceptors (Lipinski definition) is 6. The molecule has 10 heteroatoms. The maximum atomic E-state index is 14.6. The Kier molecular flexibility index (Phi) is 5.35. The fourth-order valence-electron chi connectivity index (χ4n) is 3.99. The third kappa shape index (κ3) is 4.14. The van der Waals surface area contributed by atoms with Gasteiger partial charge in [0.25, 0.3) is 11.9 Å². The van der Waals surface area contributed by atoms with Gasteiger partial charge in [0.1, 0.15) is 11.3 Å². The number of halogens is 2. The van der Waals surface area contributed by atoms with Gasteiger partial charge in [0.05, 0.1) is 0 Å². The summed E-state index contributed by atoms with van der Waals surface area (Å²) in [7, 11) is 0. The van der Waals surface area contributed by atoms with E-state index in [1.54, 1.807) is 4.57 Å². The molecule has 172 valence electrons. The Morgan fingerprint density at radius 2 is 1.59 bits per heavy atom. The molecule has 34 heavy (non-hydrogen) atoms. The summed E-state index contributed by atoms with van der Waals surface area (Å²) in [5.41, 5.74) is 3.49. The van der Waals surface area contributed by atoms with Crippen molar-refractivity contribution < 1.29 is 8.78 Å². The summed E-state index contributed by atoms with van der Waals surface area (Å²) >= 11 is 0. The SMILES string of the molecule is CC(C)(C)Cc1nc2c(F)nnc(F)c2n1Cc1ccc(-c2ccccc2-c2nn[nH]n2)cc1. The topological polar surface area (TPSA) is 98.1 Å². The molecule has 0 saturated heterocycles. The minimum atomic E-state index is -0.876. The van der Waals surface area contributed by atoms with Crippen molar-refractivity contribution in [3.8, 4) is 22.5 Å². The van der Waals surface area contributed by atoms with Crippen molar-refractivity contribution in [1.29, 1.82) is 0 Å². The van der Waals surface area contributed by atoms with Gasteiger partial charge in [-0.15, -0.1) is 20.4 Å². The van der Waals surface area contributed by atoms with E-state index in [4.69, 9.17) is 0 Å². The van der Waals surface area contributed by atoms with Crippen molar-refractivity contribution in [2.24, 2.45) is 5.41 Å². The van der Waals surface area contributed by atoms with Crippen LogP contribution in [0, 0.1) is 17.3 Å². The van der Waals surface area contributed by atoms with Crippen molar-refractivity contribution >= 4 is 11.0 Å². The molecule has 0 spiro atoms. The number of rotatable bonds is 5. The second kappa shape index (κ2) is 8.36. The molecule has 0 aliphatic rings. The molecular weight excluding hydrogens is 438 g/mol. The Hall–Kier alpha value is -4.08. The van der Waals surface area contributed by atoms with Gasteiger partial charge < -0.3 is 4.57 Å². The van der Waals surface area contributed by atoms with E-state index in [0.29, 0.717) is 24.6 Å². The Labute approximate surface area is 194 Å². The predicted molar refractivity (Wildman–Crippen MR) is 123 cm³/mol. The summed E-state index contributed by atoms with van der Waals surface area (Å²) in [6.45, 7) is 6.47. The van der Waals surface area contributed by atoms with Gasteiger partial charge in [0.2, 0.25) is 5.82 Å². The monoisotopic (exact) mass is 460 g/mol. The van der Waals surface area contributed by atoms with E-state index in [1.807, 2.05) is 48.5 Å². The van der Waals surface area contributed by atoms with Gasteiger partial charge >= 0.3 is 0 Å². The van der Waals surface area contributed by atoms with Crippen LogP contribution in [0.1, 0.15) is 32.2 Å². The van der Waals surface area contributed by atoms with Crippen LogP contribution in [0.2, 0.25) is 0 Å². The third-order valence-electron chi connectivity index (χ3n) is 5.47. The largest absolute Gasteiger partial charge is 0.320 e. The number of hydrogen-bond donors (Lipinski definition) is 1. The number of tetrazole rings is 1. The standard InChI is InChI=1S/C24H22F2N8/c1-24(2,3)12-18-27-19-20(22(26)29-28-21(19)25)34(18)13-14-8-10-15(11-9-14)16-6-4-5-7-17(16)23-30-32-33-31-23/h4-11H,12-13H2,1-3H3,(H,30,31,32,33). The van der Waals surface area contributed by atoms with Gasteiger partial charge in [-0.25, -0.2) is 4.98 Å². The molecule has 0 radical (unpaired) electrons. The van der Waals surface area contributed by atoms with Crippen molar-refractivity contribution in [2.75, 3.05) is 0 Å². The molecule has 3 heterocycles. The quantitative estimate of drug-likeness (QED) is 0.412. The lowest BCUT2D eigenvalue weighted by Gasteiger charge is -2.19. The highest BCUT2D eigenvalue weighted by atomic mass is 19.1. The first-order valence-corrected chi connectivity index (χ1v) is 10.8. The first-order chi connectivity index (χ1) is 16.3. The summed E-state index contributed by atoms with van der Waals surface area (Å²) in [4.78, 5) is 4.38. The molecule has 0 fully saturated rings. The Morgan fingerprint density at radius 1 is 0.882 bits per heavy atom. The molecule has 0 atom stereocenters. The van der Waals surface area contributed by atoms with Crippen LogP contribution >= 0.6 is 0 Å². The molecular formula is C24H22F2N8. The fourth-order valence-corrected chi connectivity index (χ4v) is 3.99. The molecule has 0 bridgehead atoms. The van der Waals surface area contributed by atoms with Crippen LogP contribution in [0.25, 0.3) is 33.5 Å². The van der Waals surface area contributed by atoms with Gasteiger partial charge in [-0.1, -0.05) is 69.3 Å². The lowest BCUT2D eigenvalue weighted by Crippen LogP contribution is -2.15. The maximum absolute atomic E-state index is 14.6. The van der Waals surface area contributed by atoms with E-state index in [1.165, 1.54) is 0 Å². The van der Waals surface area contributed by atoms with Crippen LogP contribution in [-0.4, -0.2) is 40.4 Å². The number of benzene rings is 2. The molecule has 5 rings (SSSR count). The van der Waals surface area contributed by atoms with E-state index in [0.717, 1.165) is 22.3 Å². The molecule has 0 amide bonds. The highest BCUT2D eigenvalue weighted by Crippen LogP contribution is 2.31. The van der Waals surface area contributed by atoms with Crippen molar-refractivity contribution in [1.82, 2.24) is 40.4 Å². The summed E-state index contributed by atoms with van der Waals surface area (Å²) < 4.78 is 30.6. The number of H-pyrrole nitrogens is 1. The molecule has 8 nitrogen and oxygen atoms in total. The maximum Gasteiger partial charge on any atom is 0.261 e. The summed E-state index contributed by atoms with van der Waals surface area (Å²) in [5, 5.41) is 20.9. The zero-order valence-corrected chi connectivity index (χ0v) is 18.9. The minimum absolute atomic E-state index is 0.0262. The first kappa shape index (κ1) is 21.7. The number of nitrogens with one attached hydrogen (secondary N) is 1. The highest BCUT2D eigenvalue weighted by molar-refractivity contribution is 5.80. The minimum Gasteiger partial charge on any atom is -0.320 e. The van der Waals surface area contributed by atoms with Crippen LogP contribution in [0.4, 0.5) is 8.78 Å². The van der Waals surface area contributed by atoms with Crippen LogP contribution in [0.5, 0.6) is 0 Å².